The first-order chi connectivity index (χ1) is 9.20. The van der Waals surface area contributed by atoms with E-state index in [1.807, 2.05) is 10.6 Å². The fraction of sp³-hybridized carbons (Fsp3) is 0.462. The third kappa shape index (κ3) is 2.06. The molecule has 2 aromatic rings. The number of nitrogen functional groups attached to an aromatic ring is 1. The average Bonchev–Trinajstić information content (AvgIpc) is 3.01. The molecule has 3 rings (SSSR count). The molecule has 2 heterocycles. The van der Waals surface area contributed by atoms with E-state index in [-0.39, 0.29) is 5.56 Å². The molecule has 0 atom stereocenters. The maximum absolute atomic E-state index is 12.6. The van der Waals surface area contributed by atoms with Crippen LogP contribution in [0.5, 0.6) is 0 Å². The average molecular weight is 276 g/mol. The molecule has 5 nitrogen and oxygen atoms in total. The van der Waals surface area contributed by atoms with Crippen molar-refractivity contribution in [3.8, 4) is 10.6 Å². The van der Waals surface area contributed by atoms with Crippen molar-refractivity contribution in [1.29, 1.82) is 0 Å². The molecule has 0 bridgehead atoms. The number of aryl methyl sites for hydroxylation is 1. The highest BCUT2D eigenvalue weighted by molar-refractivity contribution is 7.18. The Hall–Kier alpha value is -1.69. The van der Waals surface area contributed by atoms with Crippen molar-refractivity contribution in [2.24, 2.45) is 0 Å². The zero-order valence-electron chi connectivity index (χ0n) is 10.8. The van der Waals surface area contributed by atoms with Crippen molar-refractivity contribution in [1.82, 2.24) is 14.8 Å². The van der Waals surface area contributed by atoms with E-state index >= 15 is 0 Å². The fourth-order valence-corrected chi connectivity index (χ4v) is 3.29. The van der Waals surface area contributed by atoms with Crippen molar-refractivity contribution >= 4 is 16.5 Å². The Morgan fingerprint density at radius 1 is 1.42 bits per heavy atom. The molecular formula is C13H16N4OS. The molecule has 0 radical (unpaired) electrons. The molecule has 100 valence electrons. The molecule has 0 saturated carbocycles. The van der Waals surface area contributed by atoms with Gasteiger partial charge >= 0.3 is 0 Å². The van der Waals surface area contributed by atoms with Crippen LogP contribution in [-0.4, -0.2) is 14.8 Å². The van der Waals surface area contributed by atoms with Crippen molar-refractivity contribution in [2.75, 3.05) is 5.73 Å². The predicted molar refractivity (Wildman–Crippen MR) is 76.3 cm³/mol. The fourth-order valence-electron chi connectivity index (χ4n) is 2.68. The van der Waals surface area contributed by atoms with Gasteiger partial charge in [0.05, 0.1) is 5.56 Å². The van der Waals surface area contributed by atoms with Crippen LogP contribution >= 0.6 is 11.3 Å². The van der Waals surface area contributed by atoms with E-state index in [0.29, 0.717) is 15.7 Å². The number of aromatic nitrogens is 3. The summed E-state index contributed by atoms with van der Waals surface area (Å²) in [6.07, 6.45) is 4.12. The van der Waals surface area contributed by atoms with Crippen LogP contribution in [0.15, 0.2) is 10.9 Å². The van der Waals surface area contributed by atoms with Gasteiger partial charge in [-0.25, -0.2) is 0 Å². The third-order valence-electron chi connectivity index (χ3n) is 3.47. The summed E-state index contributed by atoms with van der Waals surface area (Å²) < 4.78 is 1.91. The third-order valence-corrected chi connectivity index (χ3v) is 4.25. The van der Waals surface area contributed by atoms with Gasteiger partial charge < -0.3 is 10.3 Å². The summed E-state index contributed by atoms with van der Waals surface area (Å²) in [5.41, 5.74) is 8.77. The van der Waals surface area contributed by atoms with E-state index in [1.54, 1.807) is 0 Å². The lowest BCUT2D eigenvalue weighted by Crippen LogP contribution is -2.25. The molecule has 1 aliphatic carbocycles. The quantitative estimate of drug-likeness (QED) is 0.928. The summed E-state index contributed by atoms with van der Waals surface area (Å²) in [6, 6.07) is 1.98. The molecule has 0 saturated heterocycles. The van der Waals surface area contributed by atoms with E-state index in [4.69, 9.17) is 5.73 Å². The molecule has 2 aromatic heterocycles. The molecule has 2 N–H and O–H groups in total. The van der Waals surface area contributed by atoms with E-state index in [1.165, 1.54) is 22.6 Å². The lowest BCUT2D eigenvalue weighted by molar-refractivity contribution is 0.625. The molecular weight excluding hydrogens is 260 g/mol. The van der Waals surface area contributed by atoms with Crippen LogP contribution in [0.25, 0.3) is 10.6 Å². The Kier molecular flexibility index (Phi) is 3.10. The van der Waals surface area contributed by atoms with E-state index in [0.717, 1.165) is 32.2 Å². The van der Waals surface area contributed by atoms with Crippen LogP contribution in [-0.2, 0) is 19.4 Å². The monoisotopic (exact) mass is 276 g/mol. The summed E-state index contributed by atoms with van der Waals surface area (Å²) in [7, 11) is 0. The molecule has 0 aromatic carbocycles. The predicted octanol–water partition coefficient (Wildman–Crippen LogP) is 1.85. The van der Waals surface area contributed by atoms with E-state index < -0.39 is 0 Å². The molecule has 0 aliphatic heterocycles. The second kappa shape index (κ2) is 4.77. The number of nitrogens with two attached hydrogens (primary N) is 1. The summed E-state index contributed by atoms with van der Waals surface area (Å²) in [5, 5.41) is 8.83. The zero-order valence-corrected chi connectivity index (χ0v) is 11.7. The normalized spacial score (nSPS) is 13.7. The van der Waals surface area contributed by atoms with Gasteiger partial charge in [-0.05, 0) is 37.3 Å². The topological polar surface area (TPSA) is 73.8 Å². The van der Waals surface area contributed by atoms with Crippen molar-refractivity contribution < 1.29 is 0 Å². The van der Waals surface area contributed by atoms with Crippen LogP contribution in [0.2, 0.25) is 0 Å². The van der Waals surface area contributed by atoms with Gasteiger partial charge in [-0.1, -0.05) is 18.3 Å². The molecule has 0 fully saturated rings. The van der Waals surface area contributed by atoms with Gasteiger partial charge in [0, 0.05) is 12.2 Å². The van der Waals surface area contributed by atoms with Crippen molar-refractivity contribution in [3.63, 3.8) is 0 Å². The maximum Gasteiger partial charge on any atom is 0.261 e. The number of fused-ring (bicyclic) bond motifs is 1. The van der Waals surface area contributed by atoms with Crippen LogP contribution in [0.4, 0.5) is 5.13 Å². The number of rotatable bonds is 3. The van der Waals surface area contributed by atoms with Gasteiger partial charge in [-0.2, -0.15) is 0 Å². The second-order valence-electron chi connectivity index (χ2n) is 4.79. The van der Waals surface area contributed by atoms with Crippen LogP contribution < -0.4 is 11.3 Å². The summed E-state index contributed by atoms with van der Waals surface area (Å²) in [6.45, 7) is 2.85. The van der Waals surface area contributed by atoms with E-state index in [9.17, 15) is 4.79 Å². The molecule has 0 amide bonds. The smallest absolute Gasteiger partial charge is 0.261 e. The SMILES string of the molecule is CCCn1c2c(cc(-c3nnc(N)s3)c1=O)CCC2. The minimum Gasteiger partial charge on any atom is -0.374 e. The van der Waals surface area contributed by atoms with E-state index in [2.05, 4.69) is 17.1 Å². The Morgan fingerprint density at radius 3 is 2.95 bits per heavy atom. The zero-order chi connectivity index (χ0) is 13.4. The summed E-state index contributed by atoms with van der Waals surface area (Å²) in [4.78, 5) is 12.6. The number of pyridine rings is 1. The van der Waals surface area contributed by atoms with Gasteiger partial charge in [0.15, 0.2) is 5.01 Å². The lowest BCUT2D eigenvalue weighted by atomic mass is 10.1. The highest BCUT2D eigenvalue weighted by Crippen LogP contribution is 2.27. The molecule has 1 aliphatic rings. The van der Waals surface area contributed by atoms with Crippen LogP contribution in [0, 0.1) is 0 Å². The minimum atomic E-state index is 0.0404. The Balaban J connectivity index is 2.21. The second-order valence-corrected chi connectivity index (χ2v) is 5.79. The summed E-state index contributed by atoms with van der Waals surface area (Å²) in [5.74, 6) is 0. The Morgan fingerprint density at radius 2 is 2.26 bits per heavy atom. The molecule has 0 unspecified atom stereocenters. The largest absolute Gasteiger partial charge is 0.374 e. The Bertz CT molecular complexity index is 674. The number of anilines is 1. The number of hydrogen-bond donors (Lipinski definition) is 1. The van der Waals surface area contributed by atoms with Gasteiger partial charge in [-0.3, -0.25) is 4.79 Å². The van der Waals surface area contributed by atoms with Crippen LogP contribution in [0.1, 0.15) is 31.0 Å². The van der Waals surface area contributed by atoms with Gasteiger partial charge in [-0.15, -0.1) is 10.2 Å². The van der Waals surface area contributed by atoms with Crippen molar-refractivity contribution in [3.05, 3.63) is 27.7 Å². The number of nitrogens with zero attached hydrogens (tertiary/aromatic N) is 3. The highest BCUT2D eigenvalue weighted by atomic mass is 32.1. The molecule has 19 heavy (non-hydrogen) atoms. The van der Waals surface area contributed by atoms with Gasteiger partial charge in [0.1, 0.15) is 0 Å². The minimum absolute atomic E-state index is 0.0404. The maximum atomic E-state index is 12.6. The first-order valence-corrected chi connectivity index (χ1v) is 7.37. The first kappa shape index (κ1) is 12.3. The lowest BCUT2D eigenvalue weighted by Gasteiger charge is -2.12. The van der Waals surface area contributed by atoms with Gasteiger partial charge in [0.2, 0.25) is 5.13 Å². The molecule has 0 spiro atoms. The standard InChI is InChI=1S/C13H16N4OS/c1-2-6-17-10-5-3-4-8(10)7-9(12(17)18)11-15-16-13(14)19-11/h7H,2-6H2,1H3,(H2,14,16). The Labute approximate surface area is 115 Å². The first-order valence-electron chi connectivity index (χ1n) is 6.55. The molecule has 6 heteroatoms. The van der Waals surface area contributed by atoms with Crippen LogP contribution in [0.3, 0.4) is 0 Å². The highest BCUT2D eigenvalue weighted by Gasteiger charge is 2.20. The van der Waals surface area contributed by atoms with Gasteiger partial charge in [0.25, 0.3) is 5.56 Å². The summed E-state index contributed by atoms with van der Waals surface area (Å²) >= 11 is 1.27. The van der Waals surface area contributed by atoms with Crippen molar-refractivity contribution in [2.45, 2.75) is 39.2 Å². The number of hydrogen-bond acceptors (Lipinski definition) is 5.